The normalized spacial score (nSPS) is 12.6. The molecule has 0 amide bonds. The average Bonchev–Trinajstić information content (AvgIpc) is 2.51. The van der Waals surface area contributed by atoms with Crippen molar-refractivity contribution in [3.63, 3.8) is 0 Å². The summed E-state index contributed by atoms with van der Waals surface area (Å²) in [6.45, 7) is 6.74. The van der Waals surface area contributed by atoms with Crippen LogP contribution in [0.15, 0.2) is 47.2 Å². The molecule has 1 atom stereocenters. The Morgan fingerprint density at radius 3 is 2.52 bits per heavy atom. The van der Waals surface area contributed by atoms with Crippen molar-refractivity contribution >= 4 is 15.9 Å². The Hall–Kier alpha value is -1.23. The molecule has 0 aliphatic rings. The molecule has 0 spiro atoms. The fourth-order valence-corrected chi connectivity index (χ4v) is 2.78. The summed E-state index contributed by atoms with van der Waals surface area (Å²) in [5.41, 5.74) is 9.83. The zero-order chi connectivity index (χ0) is 15.2. The van der Waals surface area contributed by atoms with Gasteiger partial charge in [-0.25, -0.2) is 0 Å². The monoisotopic (exact) mass is 347 g/mol. The van der Waals surface area contributed by atoms with Crippen LogP contribution in [0.1, 0.15) is 29.7 Å². The number of aryl methyl sites for hydroxylation is 1. The Kier molecular flexibility index (Phi) is 5.91. The molecule has 4 heteroatoms. The number of benzene rings is 1. The van der Waals surface area contributed by atoms with Crippen molar-refractivity contribution in [2.24, 2.45) is 5.73 Å². The molecule has 1 aromatic heterocycles. The van der Waals surface area contributed by atoms with Crippen LogP contribution >= 0.6 is 15.9 Å². The number of aromatic nitrogens is 1. The average molecular weight is 348 g/mol. The summed E-state index contributed by atoms with van der Waals surface area (Å²) in [6.07, 6.45) is 3.68. The number of hydrogen-bond donors (Lipinski definition) is 1. The van der Waals surface area contributed by atoms with Crippen molar-refractivity contribution in [3.8, 4) is 0 Å². The summed E-state index contributed by atoms with van der Waals surface area (Å²) in [4.78, 5) is 6.48. The maximum Gasteiger partial charge on any atom is 0.0473 e. The molecule has 1 aromatic carbocycles. The molecule has 2 N–H and O–H groups in total. The van der Waals surface area contributed by atoms with E-state index < -0.39 is 0 Å². The molecule has 112 valence electrons. The van der Waals surface area contributed by atoms with Gasteiger partial charge in [-0.2, -0.15) is 0 Å². The number of hydrogen-bond acceptors (Lipinski definition) is 3. The number of rotatable bonds is 6. The highest BCUT2D eigenvalue weighted by molar-refractivity contribution is 9.10. The fourth-order valence-electron chi connectivity index (χ4n) is 2.54. The summed E-state index contributed by atoms with van der Waals surface area (Å²) in [6, 6.07) is 10.8. The third-order valence-corrected chi connectivity index (χ3v) is 4.66. The van der Waals surface area contributed by atoms with Crippen molar-refractivity contribution in [2.45, 2.75) is 26.4 Å². The molecule has 2 aromatic rings. The molecular weight excluding hydrogens is 326 g/mol. The number of nitrogens with zero attached hydrogens (tertiary/aromatic N) is 2. The zero-order valence-corrected chi connectivity index (χ0v) is 14.2. The number of pyridine rings is 1. The van der Waals surface area contributed by atoms with Crippen LogP contribution < -0.4 is 5.73 Å². The van der Waals surface area contributed by atoms with E-state index in [9.17, 15) is 0 Å². The Bertz CT molecular complexity index is 572. The van der Waals surface area contributed by atoms with Gasteiger partial charge in [-0.1, -0.05) is 35.0 Å². The molecule has 1 unspecified atom stereocenters. The first-order valence-electron chi connectivity index (χ1n) is 7.24. The summed E-state index contributed by atoms with van der Waals surface area (Å²) < 4.78 is 1.14. The van der Waals surface area contributed by atoms with Crippen LogP contribution in [0.3, 0.4) is 0 Å². The van der Waals surface area contributed by atoms with Crippen LogP contribution in [0.25, 0.3) is 0 Å². The first-order valence-corrected chi connectivity index (χ1v) is 8.04. The largest absolute Gasteiger partial charge is 0.329 e. The van der Waals surface area contributed by atoms with Crippen LogP contribution in [0.5, 0.6) is 0 Å². The van der Waals surface area contributed by atoms with Crippen LogP contribution in [0.4, 0.5) is 0 Å². The fraction of sp³-hybridized carbons (Fsp3) is 0.353. The highest BCUT2D eigenvalue weighted by Crippen LogP contribution is 2.25. The van der Waals surface area contributed by atoms with E-state index >= 15 is 0 Å². The van der Waals surface area contributed by atoms with Gasteiger partial charge in [0.05, 0.1) is 0 Å². The highest BCUT2D eigenvalue weighted by Gasteiger charge is 2.18. The molecule has 0 saturated carbocycles. The standard InChI is InChI=1S/C17H22BrN3/c1-3-21(12-14-6-8-20-9-7-14)17(11-19)15-4-5-16(18)13(2)10-15/h4-10,17H,3,11-12,19H2,1-2H3. The number of nitrogens with two attached hydrogens (primary N) is 1. The lowest BCUT2D eigenvalue weighted by molar-refractivity contribution is 0.203. The van der Waals surface area contributed by atoms with Gasteiger partial charge in [0.25, 0.3) is 0 Å². The van der Waals surface area contributed by atoms with Gasteiger partial charge in [0, 0.05) is 36.0 Å². The van der Waals surface area contributed by atoms with E-state index in [-0.39, 0.29) is 6.04 Å². The first kappa shape index (κ1) is 16.1. The van der Waals surface area contributed by atoms with Crippen molar-refractivity contribution < 1.29 is 0 Å². The topological polar surface area (TPSA) is 42.2 Å². The summed E-state index contributed by atoms with van der Waals surface area (Å²) in [5, 5.41) is 0. The summed E-state index contributed by atoms with van der Waals surface area (Å²) >= 11 is 3.56. The van der Waals surface area contributed by atoms with Crippen molar-refractivity contribution in [1.29, 1.82) is 0 Å². The van der Waals surface area contributed by atoms with Crippen LogP contribution in [-0.2, 0) is 6.54 Å². The van der Waals surface area contributed by atoms with Crippen molar-refractivity contribution in [3.05, 3.63) is 63.9 Å². The van der Waals surface area contributed by atoms with Gasteiger partial charge in [-0.3, -0.25) is 9.88 Å². The first-order chi connectivity index (χ1) is 10.2. The van der Waals surface area contributed by atoms with E-state index in [4.69, 9.17) is 5.73 Å². The minimum absolute atomic E-state index is 0.231. The Labute approximate surface area is 135 Å². The molecule has 0 radical (unpaired) electrons. The lowest BCUT2D eigenvalue weighted by Crippen LogP contribution is -2.33. The zero-order valence-electron chi connectivity index (χ0n) is 12.6. The van der Waals surface area contributed by atoms with Gasteiger partial charge < -0.3 is 5.73 Å². The van der Waals surface area contributed by atoms with Gasteiger partial charge in [-0.05, 0) is 48.4 Å². The molecule has 21 heavy (non-hydrogen) atoms. The predicted molar refractivity (Wildman–Crippen MR) is 91.0 cm³/mol. The van der Waals surface area contributed by atoms with E-state index in [1.54, 1.807) is 0 Å². The highest BCUT2D eigenvalue weighted by atomic mass is 79.9. The van der Waals surface area contributed by atoms with Gasteiger partial charge >= 0.3 is 0 Å². The molecule has 0 saturated heterocycles. The lowest BCUT2D eigenvalue weighted by atomic mass is 10.0. The van der Waals surface area contributed by atoms with Crippen LogP contribution in [-0.4, -0.2) is 23.0 Å². The quantitative estimate of drug-likeness (QED) is 0.866. The molecule has 0 bridgehead atoms. The van der Waals surface area contributed by atoms with Crippen LogP contribution in [0.2, 0.25) is 0 Å². The second-order valence-corrected chi connectivity index (χ2v) is 6.03. The molecule has 1 heterocycles. The molecule has 0 aliphatic heterocycles. The van der Waals surface area contributed by atoms with Crippen molar-refractivity contribution in [1.82, 2.24) is 9.88 Å². The second-order valence-electron chi connectivity index (χ2n) is 5.18. The third kappa shape index (κ3) is 4.13. The molecular formula is C17H22BrN3. The Morgan fingerprint density at radius 1 is 1.24 bits per heavy atom. The number of halogens is 1. The Morgan fingerprint density at radius 2 is 1.95 bits per heavy atom. The maximum atomic E-state index is 6.06. The summed E-state index contributed by atoms with van der Waals surface area (Å²) in [5.74, 6) is 0. The van der Waals surface area contributed by atoms with E-state index in [2.05, 4.69) is 70.0 Å². The van der Waals surface area contributed by atoms with E-state index in [1.807, 2.05) is 12.4 Å². The van der Waals surface area contributed by atoms with Crippen molar-refractivity contribution in [2.75, 3.05) is 13.1 Å². The van der Waals surface area contributed by atoms with Crippen LogP contribution in [0, 0.1) is 6.92 Å². The third-order valence-electron chi connectivity index (χ3n) is 3.77. The molecule has 0 fully saturated rings. The van der Waals surface area contributed by atoms with Gasteiger partial charge in [0.15, 0.2) is 0 Å². The molecule has 0 aliphatic carbocycles. The van der Waals surface area contributed by atoms with E-state index in [0.717, 1.165) is 17.6 Å². The maximum absolute atomic E-state index is 6.06. The lowest BCUT2D eigenvalue weighted by Gasteiger charge is -2.30. The van der Waals surface area contributed by atoms with Gasteiger partial charge in [0.1, 0.15) is 0 Å². The SMILES string of the molecule is CCN(Cc1ccncc1)C(CN)c1ccc(Br)c(C)c1. The minimum atomic E-state index is 0.231. The molecule has 2 rings (SSSR count). The second kappa shape index (κ2) is 7.69. The minimum Gasteiger partial charge on any atom is -0.329 e. The van der Waals surface area contributed by atoms with E-state index in [0.29, 0.717) is 6.54 Å². The molecule has 3 nitrogen and oxygen atoms in total. The number of likely N-dealkylation sites (N-methyl/N-ethyl adjacent to an activating group) is 1. The smallest absolute Gasteiger partial charge is 0.0473 e. The van der Waals surface area contributed by atoms with Gasteiger partial charge in [-0.15, -0.1) is 0 Å². The van der Waals surface area contributed by atoms with E-state index in [1.165, 1.54) is 16.7 Å². The summed E-state index contributed by atoms with van der Waals surface area (Å²) in [7, 11) is 0. The predicted octanol–water partition coefficient (Wildman–Crippen LogP) is 3.67. The van der Waals surface area contributed by atoms with Gasteiger partial charge in [0.2, 0.25) is 0 Å². The Balaban J connectivity index is 2.22.